The molecule has 3 aliphatic rings. The molecule has 1 fully saturated rings. The molecule has 1 heterocycles. The van der Waals surface area contributed by atoms with Crippen LogP contribution in [0.2, 0.25) is 0 Å². The number of hydrogen-bond donors (Lipinski definition) is 3. The van der Waals surface area contributed by atoms with Crippen molar-refractivity contribution in [3.63, 3.8) is 0 Å². The van der Waals surface area contributed by atoms with Gasteiger partial charge >= 0.3 is 0 Å². The molecule has 4 N–H and O–H groups in total. The summed E-state index contributed by atoms with van der Waals surface area (Å²) in [6.07, 6.45) is -1.29. The fourth-order valence-electron chi connectivity index (χ4n) is 8.16. The summed E-state index contributed by atoms with van der Waals surface area (Å²) in [7, 11) is 0. The topological polar surface area (TPSA) is 145 Å². The van der Waals surface area contributed by atoms with Gasteiger partial charge in [-0.1, -0.05) is 97.9 Å². The van der Waals surface area contributed by atoms with Crippen LogP contribution in [0.1, 0.15) is 69.8 Å². The van der Waals surface area contributed by atoms with Crippen molar-refractivity contribution in [2.24, 2.45) is 17.6 Å². The number of Topliss-reactive ketones (excluding diaryl/α,β-unsaturated/α-hetero) is 2. The van der Waals surface area contributed by atoms with Crippen molar-refractivity contribution in [1.29, 1.82) is 0 Å². The van der Waals surface area contributed by atoms with E-state index in [1.54, 1.807) is 6.07 Å². The Kier molecular flexibility index (Phi) is 8.14. The van der Waals surface area contributed by atoms with Crippen LogP contribution in [-0.2, 0) is 18.0 Å². The van der Waals surface area contributed by atoms with Gasteiger partial charge in [0.2, 0.25) is 5.78 Å². The highest BCUT2D eigenvalue weighted by Gasteiger charge is 2.73. The Bertz CT molecular complexity index is 2060. The Morgan fingerprint density at radius 3 is 2.14 bits per heavy atom. The first-order valence-electron chi connectivity index (χ1n) is 16.7. The van der Waals surface area contributed by atoms with Gasteiger partial charge in [-0.05, 0) is 58.3 Å². The fraction of sp³-hybridized carbons (Fsp3) is 0.275. The lowest BCUT2D eigenvalue weighted by Crippen LogP contribution is -2.72. The van der Waals surface area contributed by atoms with E-state index >= 15 is 4.79 Å². The van der Waals surface area contributed by atoms with Crippen molar-refractivity contribution in [1.82, 2.24) is 5.16 Å². The van der Waals surface area contributed by atoms with Gasteiger partial charge in [-0.25, -0.2) is 0 Å². The summed E-state index contributed by atoms with van der Waals surface area (Å²) < 4.78 is 16.2. The zero-order valence-electron chi connectivity index (χ0n) is 27.3. The maximum atomic E-state index is 15.4. The van der Waals surface area contributed by atoms with E-state index in [0.717, 1.165) is 16.7 Å². The minimum absolute atomic E-state index is 0.0739. The number of carbonyl (C=O) groups is 2. The SMILES string of the molecule is C[C@H]1c2cccc(OCc3ccccc3)c2[C@@H](O)[C@@]2(Sc3ccccc3)C(=O)[C@]3(O)C(=O)c4c(OCc5ccccc5)noc4[C@@H](N)[C@@H]3C[C@@H]12. The number of benzene rings is 4. The molecule has 3 aliphatic carbocycles. The maximum absolute atomic E-state index is 15.4. The second kappa shape index (κ2) is 12.5. The highest BCUT2D eigenvalue weighted by atomic mass is 32.2. The van der Waals surface area contributed by atoms with E-state index in [1.807, 2.05) is 110 Å². The number of ether oxygens (including phenoxy) is 2. The predicted octanol–water partition coefficient (Wildman–Crippen LogP) is 6.35. The molecule has 0 radical (unpaired) electrons. The number of carbonyl (C=O) groups excluding carboxylic acids is 2. The van der Waals surface area contributed by atoms with Gasteiger partial charge in [0.15, 0.2) is 17.1 Å². The zero-order chi connectivity index (χ0) is 34.6. The molecule has 50 heavy (non-hydrogen) atoms. The first-order chi connectivity index (χ1) is 24.2. The summed E-state index contributed by atoms with van der Waals surface area (Å²) in [4.78, 5) is 30.8. The molecule has 0 amide bonds. The van der Waals surface area contributed by atoms with Gasteiger partial charge in [0.1, 0.15) is 35.4 Å². The predicted molar refractivity (Wildman–Crippen MR) is 186 cm³/mol. The fourth-order valence-corrected chi connectivity index (χ4v) is 9.77. The van der Waals surface area contributed by atoms with E-state index < -0.39 is 45.9 Å². The largest absolute Gasteiger partial charge is 0.489 e. The molecule has 0 bridgehead atoms. The minimum atomic E-state index is -2.60. The molecule has 4 aromatic carbocycles. The number of rotatable bonds is 8. The lowest BCUT2D eigenvalue weighted by Gasteiger charge is -2.58. The van der Waals surface area contributed by atoms with Crippen molar-refractivity contribution < 1.29 is 33.8 Å². The van der Waals surface area contributed by atoms with E-state index in [1.165, 1.54) is 11.8 Å². The lowest BCUT2D eigenvalue weighted by atomic mass is 9.51. The van der Waals surface area contributed by atoms with Crippen molar-refractivity contribution in [3.8, 4) is 11.6 Å². The van der Waals surface area contributed by atoms with E-state index in [9.17, 15) is 15.0 Å². The Labute approximate surface area is 293 Å². The van der Waals surface area contributed by atoms with Crippen LogP contribution < -0.4 is 15.2 Å². The third-order valence-corrected chi connectivity index (χ3v) is 12.2. The number of ketones is 2. The maximum Gasteiger partial charge on any atom is 0.265 e. The smallest absolute Gasteiger partial charge is 0.265 e. The number of aliphatic hydroxyl groups is 2. The highest BCUT2D eigenvalue weighted by Crippen LogP contribution is 2.66. The zero-order valence-corrected chi connectivity index (χ0v) is 28.1. The van der Waals surface area contributed by atoms with Gasteiger partial charge in [0.25, 0.3) is 5.88 Å². The third kappa shape index (κ3) is 4.92. The number of thioether (sulfide) groups is 1. The highest BCUT2D eigenvalue weighted by molar-refractivity contribution is 8.01. The molecule has 254 valence electrons. The molecular weight excluding hydrogens is 653 g/mol. The Morgan fingerprint density at radius 2 is 1.48 bits per heavy atom. The van der Waals surface area contributed by atoms with Gasteiger partial charge in [-0.3, -0.25) is 9.59 Å². The van der Waals surface area contributed by atoms with Gasteiger partial charge in [-0.15, -0.1) is 11.8 Å². The van der Waals surface area contributed by atoms with E-state index in [-0.39, 0.29) is 42.8 Å². The van der Waals surface area contributed by atoms with E-state index in [2.05, 4.69) is 5.16 Å². The molecule has 1 saturated carbocycles. The second-order valence-electron chi connectivity index (χ2n) is 13.3. The standard InChI is InChI=1S/C40H36N2O7S/c1-23-27-18-11-19-30(47-21-24-12-5-2-6-13-24)31(27)36(44)40(50-26-16-9-4-10-17-26)28(23)20-29-33(41)34-32(35(43)39(29,46)38(40)45)37(42-49-34)48-22-25-14-7-3-8-15-25/h2-19,23,28-29,33,36,44,46H,20-22,41H2,1H3/t23-,28-,29-,33-,36+,39+,40+/m0/s1. The average molecular weight is 689 g/mol. The quantitative estimate of drug-likeness (QED) is 0.158. The van der Waals surface area contributed by atoms with Crippen molar-refractivity contribution in [2.75, 3.05) is 0 Å². The van der Waals surface area contributed by atoms with E-state index in [4.69, 9.17) is 19.7 Å². The van der Waals surface area contributed by atoms with Gasteiger partial charge in [0.05, 0.1) is 6.04 Å². The van der Waals surface area contributed by atoms with Crippen molar-refractivity contribution >= 4 is 23.3 Å². The summed E-state index contributed by atoms with van der Waals surface area (Å²) >= 11 is 1.18. The van der Waals surface area contributed by atoms with Gasteiger partial charge in [-0.2, -0.15) is 0 Å². The Morgan fingerprint density at radius 1 is 0.860 bits per heavy atom. The molecule has 5 aromatic rings. The normalized spacial score (nSPS) is 28.2. The molecule has 0 unspecified atom stereocenters. The molecule has 1 aromatic heterocycles. The summed E-state index contributed by atoms with van der Waals surface area (Å²) in [5.74, 6) is -3.18. The number of aliphatic hydroxyl groups excluding tert-OH is 1. The summed E-state index contributed by atoms with van der Waals surface area (Å²) in [6.45, 7) is 2.34. The Balaban J connectivity index is 1.24. The van der Waals surface area contributed by atoms with Crippen LogP contribution in [0.4, 0.5) is 0 Å². The van der Waals surface area contributed by atoms with Crippen LogP contribution in [0.15, 0.2) is 119 Å². The summed E-state index contributed by atoms with van der Waals surface area (Å²) in [6, 6.07) is 32.8. The number of hydrogen-bond acceptors (Lipinski definition) is 10. The summed E-state index contributed by atoms with van der Waals surface area (Å²) in [5, 5.41) is 29.4. The molecule has 7 atom stereocenters. The lowest BCUT2D eigenvalue weighted by molar-refractivity contribution is -0.157. The van der Waals surface area contributed by atoms with Crippen LogP contribution in [0.5, 0.6) is 11.6 Å². The number of nitrogens with zero attached hydrogens (tertiary/aromatic N) is 1. The second-order valence-corrected chi connectivity index (χ2v) is 14.7. The first kappa shape index (κ1) is 32.5. The molecule has 0 spiro atoms. The molecule has 9 nitrogen and oxygen atoms in total. The van der Waals surface area contributed by atoms with Crippen molar-refractivity contribution in [2.45, 2.75) is 59.9 Å². The minimum Gasteiger partial charge on any atom is -0.489 e. The Hall–Kier alpha value is -4.74. The first-order valence-corrected chi connectivity index (χ1v) is 17.5. The van der Waals surface area contributed by atoms with Gasteiger partial charge in [0, 0.05) is 16.4 Å². The van der Waals surface area contributed by atoms with Gasteiger partial charge < -0.3 is 29.9 Å². The molecule has 8 rings (SSSR count). The van der Waals surface area contributed by atoms with Crippen LogP contribution >= 0.6 is 11.8 Å². The van der Waals surface area contributed by atoms with Crippen molar-refractivity contribution in [3.05, 3.63) is 143 Å². The van der Waals surface area contributed by atoms with Crippen LogP contribution in [-0.4, -0.2) is 37.3 Å². The third-order valence-electron chi connectivity index (χ3n) is 10.7. The molecule has 10 heteroatoms. The average Bonchev–Trinajstić information content (AvgIpc) is 3.58. The number of nitrogens with two attached hydrogens (primary N) is 1. The van der Waals surface area contributed by atoms with E-state index in [0.29, 0.717) is 16.2 Å². The van der Waals surface area contributed by atoms with Crippen LogP contribution in [0.25, 0.3) is 0 Å². The van der Waals surface area contributed by atoms with Crippen LogP contribution in [0.3, 0.4) is 0 Å². The molecule has 0 saturated heterocycles. The molecular formula is C40H36N2O7S. The number of fused-ring (bicyclic) bond motifs is 4. The molecule has 0 aliphatic heterocycles. The monoisotopic (exact) mass is 688 g/mol. The van der Waals surface area contributed by atoms with Crippen LogP contribution in [0, 0.1) is 11.8 Å². The summed E-state index contributed by atoms with van der Waals surface area (Å²) in [5.41, 5.74) is 7.12. The number of aromatic nitrogens is 1.